The molecule has 7 heteroatoms. The summed E-state index contributed by atoms with van der Waals surface area (Å²) in [4.78, 5) is 12.6. The summed E-state index contributed by atoms with van der Waals surface area (Å²) in [6.07, 6.45) is 1.11. The molecule has 0 saturated carbocycles. The van der Waals surface area contributed by atoms with Gasteiger partial charge in [0.15, 0.2) is 0 Å². The number of piperidine rings is 1. The van der Waals surface area contributed by atoms with Crippen LogP contribution in [0.4, 0.5) is 0 Å². The van der Waals surface area contributed by atoms with Gasteiger partial charge in [-0.3, -0.25) is 4.79 Å². The minimum absolute atomic E-state index is 0.00578. The number of carbonyl (C=O) groups is 1. The van der Waals surface area contributed by atoms with Crippen LogP contribution < -0.4 is 5.32 Å². The van der Waals surface area contributed by atoms with Crippen molar-refractivity contribution in [3.63, 3.8) is 0 Å². The highest BCUT2D eigenvalue weighted by atomic mass is 32.2. The molecule has 3 rings (SSSR count). The maximum Gasteiger partial charge on any atom is 0.252 e. The van der Waals surface area contributed by atoms with Crippen molar-refractivity contribution < 1.29 is 13.2 Å². The summed E-state index contributed by atoms with van der Waals surface area (Å²) in [5.41, 5.74) is 2.26. The Balaban J connectivity index is 1.56. The molecule has 1 aromatic carbocycles. The number of carbonyl (C=O) groups excluding carboxylic acids is 1. The molecule has 0 bridgehead atoms. The lowest BCUT2D eigenvalue weighted by Gasteiger charge is -2.30. The van der Waals surface area contributed by atoms with Crippen LogP contribution in [0.25, 0.3) is 0 Å². The van der Waals surface area contributed by atoms with Gasteiger partial charge in [0.2, 0.25) is 5.91 Å². The average Bonchev–Trinajstić information content (AvgIpc) is 3.18. The van der Waals surface area contributed by atoms with Crippen molar-refractivity contribution in [2.75, 3.05) is 13.1 Å². The molecule has 140 valence electrons. The number of nitrogens with zero attached hydrogens (tertiary/aromatic N) is 1. The van der Waals surface area contributed by atoms with Crippen molar-refractivity contribution in [3.8, 4) is 0 Å². The Hall–Kier alpha value is -1.70. The molecule has 0 aliphatic carbocycles. The molecule has 0 radical (unpaired) electrons. The van der Waals surface area contributed by atoms with Gasteiger partial charge in [0, 0.05) is 19.0 Å². The lowest BCUT2D eigenvalue weighted by atomic mass is 9.96. The van der Waals surface area contributed by atoms with Gasteiger partial charge in [-0.2, -0.15) is 4.31 Å². The molecule has 1 aromatic heterocycles. The third-order valence-electron chi connectivity index (χ3n) is 4.85. The number of thiophene rings is 1. The summed E-state index contributed by atoms with van der Waals surface area (Å²) in [5.74, 6) is -0.135. The van der Waals surface area contributed by atoms with E-state index in [-0.39, 0.29) is 17.9 Å². The first-order chi connectivity index (χ1) is 12.4. The zero-order chi connectivity index (χ0) is 18.7. The number of rotatable bonds is 5. The predicted molar refractivity (Wildman–Crippen MR) is 104 cm³/mol. The van der Waals surface area contributed by atoms with Crippen LogP contribution in [0.1, 0.15) is 36.9 Å². The summed E-state index contributed by atoms with van der Waals surface area (Å²) in [6.45, 7) is 4.78. The van der Waals surface area contributed by atoms with Gasteiger partial charge in [-0.25, -0.2) is 8.42 Å². The summed E-state index contributed by atoms with van der Waals surface area (Å²) < 4.78 is 27.0. The van der Waals surface area contributed by atoms with Crippen molar-refractivity contribution >= 4 is 27.3 Å². The first-order valence-corrected chi connectivity index (χ1v) is 11.1. The van der Waals surface area contributed by atoms with Gasteiger partial charge < -0.3 is 5.32 Å². The highest BCUT2D eigenvalue weighted by molar-refractivity contribution is 7.91. The standard InChI is InChI=1S/C19H24N2O3S2/c1-14-5-7-16(8-6-14)15(2)20-19(22)17-9-11-21(12-10-17)26(23,24)18-4-3-13-25-18/h3-8,13,15,17H,9-12H2,1-2H3,(H,20,22)/t15-/m1/s1. The van der Waals surface area contributed by atoms with Crippen LogP contribution in [0.3, 0.4) is 0 Å². The van der Waals surface area contributed by atoms with E-state index in [9.17, 15) is 13.2 Å². The fraction of sp³-hybridized carbons (Fsp3) is 0.421. The minimum atomic E-state index is -3.42. The van der Waals surface area contributed by atoms with Crippen LogP contribution in [0.2, 0.25) is 0 Å². The Labute approximate surface area is 159 Å². The minimum Gasteiger partial charge on any atom is -0.349 e. The maximum atomic E-state index is 12.6. The molecule has 1 aliphatic heterocycles. The van der Waals surface area contributed by atoms with Crippen LogP contribution in [-0.4, -0.2) is 31.7 Å². The van der Waals surface area contributed by atoms with Gasteiger partial charge in [-0.15, -0.1) is 11.3 Å². The molecule has 1 N–H and O–H groups in total. The molecule has 1 amide bonds. The van der Waals surface area contributed by atoms with E-state index in [4.69, 9.17) is 0 Å². The van der Waals surface area contributed by atoms with E-state index in [0.717, 1.165) is 5.56 Å². The van der Waals surface area contributed by atoms with Crippen LogP contribution >= 0.6 is 11.3 Å². The van der Waals surface area contributed by atoms with Crippen molar-refractivity contribution in [2.24, 2.45) is 5.92 Å². The van der Waals surface area contributed by atoms with Crippen LogP contribution in [0.5, 0.6) is 0 Å². The van der Waals surface area contributed by atoms with Crippen LogP contribution in [0.15, 0.2) is 46.0 Å². The molecular weight excluding hydrogens is 368 g/mol. The van der Waals surface area contributed by atoms with E-state index in [1.807, 2.05) is 38.1 Å². The first kappa shape index (κ1) is 19.1. The highest BCUT2D eigenvalue weighted by Gasteiger charge is 2.32. The molecule has 2 aromatic rings. The van der Waals surface area contributed by atoms with Crippen molar-refractivity contribution in [1.82, 2.24) is 9.62 Å². The van der Waals surface area contributed by atoms with Gasteiger partial charge in [0.05, 0.1) is 6.04 Å². The summed E-state index contributed by atoms with van der Waals surface area (Å²) in [7, 11) is -3.42. The fourth-order valence-electron chi connectivity index (χ4n) is 3.17. The zero-order valence-corrected chi connectivity index (χ0v) is 16.6. The van der Waals surface area contributed by atoms with E-state index < -0.39 is 10.0 Å². The van der Waals surface area contributed by atoms with Gasteiger partial charge in [-0.05, 0) is 43.7 Å². The molecule has 5 nitrogen and oxygen atoms in total. The number of amides is 1. The third-order valence-corrected chi connectivity index (χ3v) is 8.12. The largest absolute Gasteiger partial charge is 0.349 e. The fourth-order valence-corrected chi connectivity index (χ4v) is 5.78. The number of aryl methyl sites for hydroxylation is 1. The third kappa shape index (κ3) is 4.16. The summed E-state index contributed by atoms with van der Waals surface area (Å²) >= 11 is 1.23. The Bertz CT molecular complexity index is 837. The molecule has 2 heterocycles. The van der Waals surface area contributed by atoms with Gasteiger partial charge >= 0.3 is 0 Å². The van der Waals surface area contributed by atoms with Gasteiger partial charge in [0.25, 0.3) is 10.0 Å². The second kappa shape index (κ2) is 7.90. The second-order valence-corrected chi connectivity index (χ2v) is 9.86. The SMILES string of the molecule is Cc1ccc([C@@H](C)NC(=O)C2CCN(S(=O)(=O)c3cccs3)CC2)cc1. The molecule has 1 aliphatic rings. The topological polar surface area (TPSA) is 66.5 Å². The number of hydrogen-bond acceptors (Lipinski definition) is 4. The number of sulfonamides is 1. The number of nitrogens with one attached hydrogen (secondary N) is 1. The van der Waals surface area contributed by atoms with Gasteiger partial charge in [0.1, 0.15) is 4.21 Å². The monoisotopic (exact) mass is 392 g/mol. The van der Waals surface area contributed by atoms with E-state index in [1.165, 1.54) is 21.2 Å². The molecular formula is C19H24N2O3S2. The van der Waals surface area contributed by atoms with E-state index in [1.54, 1.807) is 17.5 Å². The highest BCUT2D eigenvalue weighted by Crippen LogP contribution is 2.27. The summed E-state index contributed by atoms with van der Waals surface area (Å²) in [5, 5.41) is 4.83. The maximum absolute atomic E-state index is 12.6. The van der Waals surface area contributed by atoms with Gasteiger partial charge in [-0.1, -0.05) is 35.9 Å². The van der Waals surface area contributed by atoms with Crippen molar-refractivity contribution in [3.05, 3.63) is 52.9 Å². The Kier molecular flexibility index (Phi) is 5.79. The lowest BCUT2D eigenvalue weighted by molar-refractivity contribution is -0.126. The molecule has 1 fully saturated rings. The Morgan fingerprint density at radius 2 is 1.85 bits per heavy atom. The predicted octanol–water partition coefficient (Wildman–Crippen LogP) is 3.33. The summed E-state index contributed by atoms with van der Waals surface area (Å²) in [6, 6.07) is 11.4. The number of benzene rings is 1. The van der Waals surface area contributed by atoms with Crippen LogP contribution in [-0.2, 0) is 14.8 Å². The number of hydrogen-bond donors (Lipinski definition) is 1. The van der Waals surface area contributed by atoms with E-state index in [2.05, 4.69) is 5.32 Å². The quantitative estimate of drug-likeness (QED) is 0.849. The zero-order valence-electron chi connectivity index (χ0n) is 15.0. The molecule has 1 atom stereocenters. The van der Waals surface area contributed by atoms with E-state index >= 15 is 0 Å². The molecule has 26 heavy (non-hydrogen) atoms. The Morgan fingerprint density at radius 3 is 2.42 bits per heavy atom. The Morgan fingerprint density at radius 1 is 1.19 bits per heavy atom. The smallest absolute Gasteiger partial charge is 0.252 e. The first-order valence-electron chi connectivity index (χ1n) is 8.78. The molecule has 1 saturated heterocycles. The molecule has 0 unspecified atom stereocenters. The molecule has 0 spiro atoms. The lowest BCUT2D eigenvalue weighted by Crippen LogP contribution is -2.43. The second-order valence-electron chi connectivity index (χ2n) is 6.75. The van der Waals surface area contributed by atoms with Crippen LogP contribution in [0, 0.1) is 12.8 Å². The van der Waals surface area contributed by atoms with E-state index in [0.29, 0.717) is 30.1 Å². The van der Waals surface area contributed by atoms with Crippen molar-refractivity contribution in [1.29, 1.82) is 0 Å². The average molecular weight is 393 g/mol. The van der Waals surface area contributed by atoms with Crippen molar-refractivity contribution in [2.45, 2.75) is 36.9 Å². The normalized spacial score (nSPS) is 17.8.